The number of aliphatic carboxylic acids is 1. The zero-order valence-electron chi connectivity index (χ0n) is 19.0. The van der Waals surface area contributed by atoms with Crippen molar-refractivity contribution in [1.82, 2.24) is 10.3 Å². The first-order valence-electron chi connectivity index (χ1n) is 10.8. The lowest BCUT2D eigenvalue weighted by atomic mass is 9.87. The number of carbonyl (C=O) groups excluding carboxylic acids is 2. The van der Waals surface area contributed by atoms with E-state index in [1.807, 2.05) is 36.4 Å². The van der Waals surface area contributed by atoms with Crippen molar-refractivity contribution in [1.29, 1.82) is 0 Å². The molecule has 2 aromatic carbocycles. The Morgan fingerprint density at radius 1 is 1.06 bits per heavy atom. The number of carboxylic acids is 1. The molecule has 3 aromatic rings. The average Bonchev–Trinajstić information content (AvgIpc) is 3.37. The van der Waals surface area contributed by atoms with Crippen LogP contribution in [-0.2, 0) is 9.53 Å². The van der Waals surface area contributed by atoms with Crippen molar-refractivity contribution in [2.45, 2.75) is 32.7 Å². The largest absolute Gasteiger partial charge is 0.480 e. The zero-order valence-corrected chi connectivity index (χ0v) is 19.8. The van der Waals surface area contributed by atoms with Gasteiger partial charge < -0.3 is 15.2 Å². The van der Waals surface area contributed by atoms with E-state index >= 15 is 0 Å². The van der Waals surface area contributed by atoms with Gasteiger partial charge in [-0.15, -0.1) is 11.3 Å². The molecule has 3 N–H and O–H groups in total. The molecular weight excluding hydrogens is 454 g/mol. The van der Waals surface area contributed by atoms with Gasteiger partial charge in [0.15, 0.2) is 5.13 Å². The van der Waals surface area contributed by atoms with Crippen LogP contribution in [0.3, 0.4) is 0 Å². The van der Waals surface area contributed by atoms with Gasteiger partial charge >= 0.3 is 12.1 Å². The molecule has 0 spiro atoms. The summed E-state index contributed by atoms with van der Waals surface area (Å²) in [5, 5.41) is 16.1. The summed E-state index contributed by atoms with van der Waals surface area (Å²) in [5.41, 5.74) is 3.83. The second-order valence-electron chi connectivity index (χ2n) is 9.10. The van der Waals surface area contributed by atoms with Gasteiger partial charge in [-0.2, -0.15) is 0 Å². The maximum absolute atomic E-state index is 12.5. The standard InChI is InChI=1S/C25H25N3O5S/c1-25(2,3)20(22(30)31)27-21(29)19-13-34-23(26-19)28-24(32)33-12-18-16-10-6-4-8-14(16)15-9-5-7-11-17(15)18/h4-11,13,18,20H,12H2,1-3H3,(H,27,29)(H,30,31)(H,26,28,32)/t20-/m1/s1. The number of nitrogens with one attached hydrogen (secondary N) is 2. The van der Waals surface area contributed by atoms with Crippen LogP contribution in [0.4, 0.5) is 9.93 Å². The van der Waals surface area contributed by atoms with E-state index in [1.165, 1.54) is 5.38 Å². The van der Waals surface area contributed by atoms with Crippen LogP contribution in [0.1, 0.15) is 48.3 Å². The second kappa shape index (κ2) is 9.26. The van der Waals surface area contributed by atoms with Crippen LogP contribution >= 0.6 is 11.3 Å². The molecule has 1 aliphatic rings. The summed E-state index contributed by atoms with van der Waals surface area (Å²) < 4.78 is 5.49. The third kappa shape index (κ3) is 4.79. The molecule has 0 fully saturated rings. The van der Waals surface area contributed by atoms with E-state index in [0.29, 0.717) is 0 Å². The van der Waals surface area contributed by atoms with Gasteiger partial charge in [0, 0.05) is 11.3 Å². The van der Waals surface area contributed by atoms with Crippen LogP contribution in [0.15, 0.2) is 53.9 Å². The Labute approximate surface area is 201 Å². The number of aromatic nitrogens is 1. The molecule has 0 saturated heterocycles. The number of benzene rings is 2. The fourth-order valence-corrected chi connectivity index (χ4v) is 4.69. The zero-order chi connectivity index (χ0) is 24.5. The monoisotopic (exact) mass is 479 g/mol. The molecule has 9 heteroatoms. The number of carbonyl (C=O) groups is 3. The van der Waals surface area contributed by atoms with Crippen LogP contribution in [-0.4, -0.2) is 40.7 Å². The van der Waals surface area contributed by atoms with Crippen LogP contribution in [0, 0.1) is 5.41 Å². The normalized spacial score (nSPS) is 13.5. The third-order valence-corrected chi connectivity index (χ3v) is 6.44. The molecule has 2 amide bonds. The van der Waals surface area contributed by atoms with Gasteiger partial charge in [-0.1, -0.05) is 69.3 Å². The van der Waals surface area contributed by atoms with Crippen molar-refractivity contribution >= 4 is 34.4 Å². The Hall–Kier alpha value is -3.72. The van der Waals surface area contributed by atoms with Gasteiger partial charge in [0.2, 0.25) is 0 Å². The number of anilines is 1. The highest BCUT2D eigenvalue weighted by Gasteiger charge is 2.33. The van der Waals surface area contributed by atoms with Crippen molar-refractivity contribution in [3.63, 3.8) is 0 Å². The first kappa shape index (κ1) is 23.4. The molecule has 0 bridgehead atoms. The lowest BCUT2D eigenvalue weighted by Crippen LogP contribution is -2.49. The van der Waals surface area contributed by atoms with E-state index in [4.69, 9.17) is 4.74 Å². The molecule has 0 radical (unpaired) electrons. The first-order chi connectivity index (χ1) is 16.1. The van der Waals surface area contributed by atoms with Crippen LogP contribution < -0.4 is 10.6 Å². The van der Waals surface area contributed by atoms with Crippen LogP contribution in [0.5, 0.6) is 0 Å². The number of rotatable bonds is 6. The molecule has 0 saturated carbocycles. The Balaban J connectivity index is 1.38. The molecule has 1 atom stereocenters. The Morgan fingerprint density at radius 3 is 2.21 bits per heavy atom. The number of hydrogen-bond acceptors (Lipinski definition) is 6. The molecule has 1 aromatic heterocycles. The second-order valence-corrected chi connectivity index (χ2v) is 9.96. The minimum absolute atomic E-state index is 0.0226. The molecular formula is C25H25N3O5S. The highest BCUT2D eigenvalue weighted by atomic mass is 32.1. The van der Waals surface area contributed by atoms with E-state index in [-0.39, 0.29) is 23.4 Å². The molecule has 0 unspecified atom stereocenters. The number of ether oxygens (including phenoxy) is 1. The summed E-state index contributed by atoms with van der Waals surface area (Å²) in [6.07, 6.45) is -0.679. The van der Waals surface area contributed by atoms with Crippen molar-refractivity contribution < 1.29 is 24.2 Å². The number of hydrogen-bond donors (Lipinski definition) is 3. The summed E-state index contributed by atoms with van der Waals surface area (Å²) >= 11 is 1.05. The van der Waals surface area contributed by atoms with E-state index < -0.39 is 29.4 Å². The van der Waals surface area contributed by atoms with Gasteiger partial charge in [0.05, 0.1) is 0 Å². The number of fused-ring (bicyclic) bond motifs is 3. The van der Waals surface area contributed by atoms with E-state index in [2.05, 4.69) is 27.8 Å². The molecule has 1 heterocycles. The summed E-state index contributed by atoms with van der Waals surface area (Å²) in [5.74, 6) is -1.83. The first-order valence-corrected chi connectivity index (χ1v) is 11.6. The van der Waals surface area contributed by atoms with Crippen molar-refractivity contribution in [3.8, 4) is 11.1 Å². The Kier molecular flexibility index (Phi) is 6.39. The summed E-state index contributed by atoms with van der Waals surface area (Å²) in [6, 6.07) is 15.0. The smallest absolute Gasteiger partial charge is 0.413 e. The maximum Gasteiger partial charge on any atom is 0.413 e. The predicted octanol–water partition coefficient (Wildman–Crippen LogP) is 4.73. The summed E-state index contributed by atoms with van der Waals surface area (Å²) in [6.45, 7) is 5.32. The van der Waals surface area contributed by atoms with Gasteiger partial charge in [-0.3, -0.25) is 10.1 Å². The molecule has 8 nitrogen and oxygen atoms in total. The summed E-state index contributed by atoms with van der Waals surface area (Å²) in [7, 11) is 0. The molecule has 1 aliphatic carbocycles. The van der Waals surface area contributed by atoms with Crippen LogP contribution in [0.25, 0.3) is 11.1 Å². The van der Waals surface area contributed by atoms with E-state index in [0.717, 1.165) is 33.6 Å². The van der Waals surface area contributed by atoms with Crippen molar-refractivity contribution in [2.24, 2.45) is 5.41 Å². The minimum Gasteiger partial charge on any atom is -0.480 e. The van der Waals surface area contributed by atoms with Crippen molar-refractivity contribution in [3.05, 3.63) is 70.7 Å². The van der Waals surface area contributed by atoms with Crippen LogP contribution in [0.2, 0.25) is 0 Å². The molecule has 34 heavy (non-hydrogen) atoms. The van der Waals surface area contributed by atoms with Gasteiger partial charge in [-0.05, 0) is 27.7 Å². The molecule has 176 valence electrons. The SMILES string of the molecule is CC(C)(C)[C@H](NC(=O)c1csc(NC(=O)OCC2c3ccccc3-c3ccccc32)n1)C(=O)O. The Bertz CT molecular complexity index is 1200. The lowest BCUT2D eigenvalue weighted by Gasteiger charge is -2.27. The Morgan fingerprint density at radius 2 is 1.65 bits per heavy atom. The molecule has 4 rings (SSSR count). The number of nitrogens with zero attached hydrogens (tertiary/aromatic N) is 1. The summed E-state index contributed by atoms with van der Waals surface area (Å²) in [4.78, 5) is 40.5. The number of carboxylic acid groups (broad SMARTS) is 1. The average molecular weight is 480 g/mol. The minimum atomic E-state index is -1.13. The topological polar surface area (TPSA) is 118 Å². The third-order valence-electron chi connectivity index (χ3n) is 5.68. The highest BCUT2D eigenvalue weighted by Crippen LogP contribution is 2.44. The quantitative estimate of drug-likeness (QED) is 0.470. The fraction of sp³-hybridized carbons (Fsp3) is 0.280. The van der Waals surface area contributed by atoms with Crippen molar-refractivity contribution in [2.75, 3.05) is 11.9 Å². The molecule has 0 aliphatic heterocycles. The number of amides is 2. The maximum atomic E-state index is 12.5. The van der Waals surface area contributed by atoms with Gasteiger partial charge in [-0.25, -0.2) is 14.6 Å². The van der Waals surface area contributed by atoms with Gasteiger partial charge in [0.25, 0.3) is 5.91 Å². The number of thiazole rings is 1. The fourth-order valence-electron chi connectivity index (χ4n) is 4.01. The lowest BCUT2D eigenvalue weighted by molar-refractivity contribution is -0.142. The van der Waals surface area contributed by atoms with E-state index in [1.54, 1.807) is 20.8 Å². The van der Waals surface area contributed by atoms with E-state index in [9.17, 15) is 19.5 Å². The highest BCUT2D eigenvalue weighted by molar-refractivity contribution is 7.14. The van der Waals surface area contributed by atoms with Gasteiger partial charge in [0.1, 0.15) is 18.3 Å². The predicted molar refractivity (Wildman–Crippen MR) is 129 cm³/mol.